The van der Waals surface area contributed by atoms with Crippen LogP contribution in [0.1, 0.15) is 20.7 Å². The summed E-state index contributed by atoms with van der Waals surface area (Å²) in [6.07, 6.45) is 0. The lowest BCUT2D eigenvalue weighted by atomic mass is 10.1. The van der Waals surface area contributed by atoms with Crippen LogP contribution < -0.4 is 15.0 Å². The summed E-state index contributed by atoms with van der Waals surface area (Å²) < 4.78 is 36.7. The zero-order valence-corrected chi connectivity index (χ0v) is 19.1. The monoisotopic (exact) mass is 480 g/mol. The maximum Gasteiger partial charge on any atom is 0.337 e. The lowest BCUT2D eigenvalue weighted by Gasteiger charge is -2.23. The van der Waals surface area contributed by atoms with Gasteiger partial charge in [0.1, 0.15) is 12.3 Å². The standard InChI is InChI=1S/C24H20N2O7S/c1-32-17-7-5-6-16(13-17)25-22(27)14-26-19-12-15(24(29)33-2)10-11-21(19)34(30,31)20-9-4-3-8-18(20)23(26)28/h3-13H,14H2,1-2H3,(H,25,27). The molecule has 0 spiro atoms. The van der Waals surface area contributed by atoms with Crippen molar-refractivity contribution in [3.63, 3.8) is 0 Å². The van der Waals surface area contributed by atoms with E-state index in [0.29, 0.717) is 11.4 Å². The van der Waals surface area contributed by atoms with Gasteiger partial charge in [0, 0.05) is 11.8 Å². The first kappa shape index (κ1) is 23.0. The summed E-state index contributed by atoms with van der Waals surface area (Å²) in [5.41, 5.74) is 0.300. The van der Waals surface area contributed by atoms with E-state index in [-0.39, 0.29) is 26.6 Å². The number of fused-ring (bicyclic) bond motifs is 2. The number of esters is 1. The maximum absolute atomic E-state index is 13.5. The number of rotatable bonds is 5. The van der Waals surface area contributed by atoms with Crippen molar-refractivity contribution >= 4 is 39.0 Å². The van der Waals surface area contributed by atoms with Crippen LogP contribution in [0.4, 0.5) is 11.4 Å². The van der Waals surface area contributed by atoms with Crippen LogP contribution in [0.15, 0.2) is 76.5 Å². The van der Waals surface area contributed by atoms with E-state index in [1.54, 1.807) is 24.3 Å². The molecule has 9 nitrogen and oxygen atoms in total. The van der Waals surface area contributed by atoms with Crippen molar-refractivity contribution in [2.75, 3.05) is 31.0 Å². The predicted molar refractivity (Wildman–Crippen MR) is 123 cm³/mol. The fourth-order valence-electron chi connectivity index (χ4n) is 3.65. The molecule has 0 bridgehead atoms. The SMILES string of the molecule is COC(=O)c1ccc2c(c1)N(CC(=O)Nc1cccc(OC)c1)C(=O)c1ccccc1S2(=O)=O. The quantitative estimate of drug-likeness (QED) is 0.558. The van der Waals surface area contributed by atoms with E-state index in [4.69, 9.17) is 9.47 Å². The Morgan fingerprint density at radius 1 is 0.941 bits per heavy atom. The molecule has 3 aromatic rings. The van der Waals surface area contributed by atoms with Gasteiger partial charge in [-0.1, -0.05) is 18.2 Å². The molecule has 4 rings (SSSR count). The molecule has 174 valence electrons. The number of benzene rings is 3. The Hall–Kier alpha value is -4.18. The number of hydrogen-bond acceptors (Lipinski definition) is 7. The summed E-state index contributed by atoms with van der Waals surface area (Å²) >= 11 is 0. The van der Waals surface area contributed by atoms with Gasteiger partial charge in [0.2, 0.25) is 15.7 Å². The number of amides is 2. The molecule has 1 N–H and O–H groups in total. The molecule has 10 heteroatoms. The van der Waals surface area contributed by atoms with Gasteiger partial charge in [-0.3, -0.25) is 14.5 Å². The highest BCUT2D eigenvalue weighted by atomic mass is 32.2. The number of nitrogens with zero attached hydrogens (tertiary/aromatic N) is 1. The van der Waals surface area contributed by atoms with Crippen LogP contribution in [0.5, 0.6) is 5.75 Å². The highest BCUT2D eigenvalue weighted by Crippen LogP contribution is 2.37. The molecule has 0 unspecified atom stereocenters. The fraction of sp³-hybridized carbons (Fsp3) is 0.125. The Morgan fingerprint density at radius 3 is 2.44 bits per heavy atom. The number of ether oxygens (including phenoxy) is 2. The van der Waals surface area contributed by atoms with Crippen LogP contribution >= 0.6 is 0 Å². The third kappa shape index (κ3) is 4.11. The Morgan fingerprint density at radius 2 is 1.71 bits per heavy atom. The van der Waals surface area contributed by atoms with Gasteiger partial charge in [-0.25, -0.2) is 13.2 Å². The minimum atomic E-state index is -4.12. The van der Waals surface area contributed by atoms with Crippen LogP contribution in [0, 0.1) is 0 Å². The smallest absolute Gasteiger partial charge is 0.337 e. The summed E-state index contributed by atoms with van der Waals surface area (Å²) in [5, 5.41) is 2.68. The molecule has 0 aliphatic carbocycles. The van der Waals surface area contributed by atoms with E-state index in [1.165, 1.54) is 56.7 Å². The highest BCUT2D eigenvalue weighted by molar-refractivity contribution is 7.91. The van der Waals surface area contributed by atoms with Gasteiger partial charge in [0.25, 0.3) is 5.91 Å². The number of sulfone groups is 1. The van der Waals surface area contributed by atoms with Crippen molar-refractivity contribution in [2.24, 2.45) is 0 Å². The average Bonchev–Trinajstić information content (AvgIpc) is 2.91. The second-order valence-electron chi connectivity index (χ2n) is 7.35. The second kappa shape index (κ2) is 8.99. The van der Waals surface area contributed by atoms with E-state index in [2.05, 4.69) is 5.32 Å². The number of methoxy groups -OCH3 is 2. The van der Waals surface area contributed by atoms with Crippen molar-refractivity contribution in [1.82, 2.24) is 0 Å². The molecular weight excluding hydrogens is 460 g/mol. The van der Waals surface area contributed by atoms with E-state index in [1.807, 2.05) is 0 Å². The first-order valence-corrected chi connectivity index (χ1v) is 11.6. The van der Waals surface area contributed by atoms with Crippen LogP contribution in [0.3, 0.4) is 0 Å². The Bertz CT molecular complexity index is 1420. The van der Waals surface area contributed by atoms with Gasteiger partial charge in [0.15, 0.2) is 0 Å². The van der Waals surface area contributed by atoms with Crippen LogP contribution in [0.2, 0.25) is 0 Å². The van der Waals surface area contributed by atoms with Gasteiger partial charge in [-0.05, 0) is 42.5 Å². The summed E-state index contributed by atoms with van der Waals surface area (Å²) in [6.45, 7) is -0.502. The minimum Gasteiger partial charge on any atom is -0.497 e. The molecule has 0 aromatic heterocycles. The number of nitrogens with one attached hydrogen (secondary N) is 1. The minimum absolute atomic E-state index is 0.0356. The molecule has 0 atom stereocenters. The Balaban J connectivity index is 1.81. The molecule has 0 saturated carbocycles. The molecule has 1 heterocycles. The summed E-state index contributed by atoms with van der Waals surface area (Å²) in [4.78, 5) is 39.2. The van der Waals surface area contributed by atoms with Crippen LogP contribution in [0.25, 0.3) is 0 Å². The van der Waals surface area contributed by atoms with Crippen LogP contribution in [-0.2, 0) is 19.4 Å². The van der Waals surface area contributed by atoms with Crippen molar-refractivity contribution in [2.45, 2.75) is 9.79 Å². The van der Waals surface area contributed by atoms with Crippen molar-refractivity contribution in [3.05, 3.63) is 77.9 Å². The first-order chi connectivity index (χ1) is 16.3. The Kier molecular flexibility index (Phi) is 6.08. The fourth-order valence-corrected chi connectivity index (χ4v) is 5.28. The summed E-state index contributed by atoms with van der Waals surface area (Å²) in [6, 6.07) is 16.2. The third-order valence-electron chi connectivity index (χ3n) is 5.27. The third-order valence-corrected chi connectivity index (χ3v) is 7.13. The maximum atomic E-state index is 13.5. The number of hydrogen-bond donors (Lipinski definition) is 1. The Labute approximate surface area is 195 Å². The van der Waals surface area contributed by atoms with Gasteiger partial charge in [-0.2, -0.15) is 0 Å². The number of anilines is 2. The molecule has 0 radical (unpaired) electrons. The normalized spacial score (nSPS) is 13.8. The van der Waals surface area contributed by atoms with Gasteiger partial charge >= 0.3 is 5.97 Å². The molecule has 34 heavy (non-hydrogen) atoms. The van der Waals surface area contributed by atoms with Crippen molar-refractivity contribution in [3.8, 4) is 5.75 Å². The number of carbonyl (C=O) groups excluding carboxylic acids is 3. The topological polar surface area (TPSA) is 119 Å². The molecular formula is C24H20N2O7S. The van der Waals surface area contributed by atoms with Crippen molar-refractivity contribution < 1.29 is 32.3 Å². The molecule has 1 aliphatic heterocycles. The van der Waals surface area contributed by atoms with Gasteiger partial charge in [-0.15, -0.1) is 0 Å². The van der Waals surface area contributed by atoms with E-state index < -0.39 is 34.2 Å². The van der Waals surface area contributed by atoms with Gasteiger partial charge < -0.3 is 14.8 Å². The summed E-state index contributed by atoms with van der Waals surface area (Å²) in [5.74, 6) is -1.46. The largest absolute Gasteiger partial charge is 0.497 e. The van der Waals surface area contributed by atoms with Crippen molar-refractivity contribution in [1.29, 1.82) is 0 Å². The average molecular weight is 480 g/mol. The first-order valence-electron chi connectivity index (χ1n) is 10.1. The molecule has 3 aromatic carbocycles. The van der Waals surface area contributed by atoms with Gasteiger partial charge in [0.05, 0.1) is 40.8 Å². The zero-order valence-electron chi connectivity index (χ0n) is 18.3. The van der Waals surface area contributed by atoms with E-state index >= 15 is 0 Å². The highest BCUT2D eigenvalue weighted by Gasteiger charge is 2.36. The lowest BCUT2D eigenvalue weighted by molar-refractivity contribution is -0.114. The van der Waals surface area contributed by atoms with Crippen LogP contribution in [-0.4, -0.2) is 47.0 Å². The number of carbonyl (C=O) groups is 3. The zero-order chi connectivity index (χ0) is 24.5. The molecule has 0 saturated heterocycles. The molecule has 1 aliphatic rings. The van der Waals surface area contributed by atoms with E-state index in [0.717, 1.165) is 4.90 Å². The second-order valence-corrected chi connectivity index (χ2v) is 9.23. The predicted octanol–water partition coefficient (Wildman–Crippen LogP) is 2.91. The lowest BCUT2D eigenvalue weighted by Crippen LogP contribution is -2.38. The summed E-state index contributed by atoms with van der Waals surface area (Å²) in [7, 11) is -1.44. The molecule has 2 amide bonds. The van der Waals surface area contributed by atoms with E-state index in [9.17, 15) is 22.8 Å². The molecule has 0 fully saturated rings.